The van der Waals surface area contributed by atoms with Crippen molar-refractivity contribution in [3.05, 3.63) is 35.2 Å². The van der Waals surface area contributed by atoms with Gasteiger partial charge in [-0.2, -0.15) is 0 Å². The molecule has 0 atom stereocenters. The lowest BCUT2D eigenvalue weighted by Crippen LogP contribution is -2.25. The van der Waals surface area contributed by atoms with Gasteiger partial charge in [-0.3, -0.25) is 9.36 Å². The summed E-state index contributed by atoms with van der Waals surface area (Å²) in [7, 11) is 4.72. The summed E-state index contributed by atoms with van der Waals surface area (Å²) < 4.78 is 18.2. The average molecular weight is 461 g/mol. The summed E-state index contributed by atoms with van der Waals surface area (Å²) in [5, 5.41) is 14.5. The Balaban J connectivity index is 1.40. The van der Waals surface area contributed by atoms with Crippen molar-refractivity contribution in [3.8, 4) is 28.0 Å². The largest absolute Gasteiger partial charge is 0.496 e. The van der Waals surface area contributed by atoms with Crippen LogP contribution in [0.3, 0.4) is 0 Å². The number of carbonyl (C=O) groups is 1. The number of nitrogens with zero attached hydrogens (tertiary/aromatic N) is 3. The summed E-state index contributed by atoms with van der Waals surface area (Å²) >= 11 is 3.05. The molecule has 2 aromatic heterocycles. The molecule has 1 fully saturated rings. The van der Waals surface area contributed by atoms with Gasteiger partial charge < -0.3 is 19.5 Å². The minimum absolute atomic E-state index is 0.0927. The van der Waals surface area contributed by atoms with Gasteiger partial charge in [0, 0.05) is 24.2 Å². The zero-order chi connectivity index (χ0) is 21.8. The molecule has 0 saturated heterocycles. The Hall–Kier alpha value is -2.72. The number of nitrogens with one attached hydrogen (secondary N) is 1. The van der Waals surface area contributed by atoms with E-state index in [-0.39, 0.29) is 11.7 Å². The SMILES string of the molecule is COc1cc(OC)c(OC)cc1CNC(=O)CSc1nnc(-c2cccs2)n1C1CC1. The fourth-order valence-electron chi connectivity index (χ4n) is 3.22. The highest BCUT2D eigenvalue weighted by atomic mass is 32.2. The third kappa shape index (κ3) is 4.80. The van der Waals surface area contributed by atoms with E-state index in [9.17, 15) is 4.79 Å². The maximum Gasteiger partial charge on any atom is 0.230 e. The molecule has 10 heteroatoms. The molecular formula is C21H24N4O4S2. The van der Waals surface area contributed by atoms with E-state index < -0.39 is 0 Å². The van der Waals surface area contributed by atoms with Crippen LogP contribution < -0.4 is 19.5 Å². The number of thiophene rings is 1. The predicted molar refractivity (Wildman–Crippen MR) is 120 cm³/mol. The quantitative estimate of drug-likeness (QED) is 0.461. The highest BCUT2D eigenvalue weighted by molar-refractivity contribution is 7.99. The minimum atomic E-state index is -0.0927. The van der Waals surface area contributed by atoms with Crippen molar-refractivity contribution < 1.29 is 19.0 Å². The standard InChI is InChI=1S/C21H24N4O4S2/c1-27-15-10-17(29-3)16(28-2)9-13(15)11-22-19(26)12-31-21-24-23-20(18-5-4-8-30-18)25(21)14-6-7-14/h4-5,8-10,14H,6-7,11-12H2,1-3H3,(H,22,26). The van der Waals surface area contributed by atoms with Gasteiger partial charge in [-0.05, 0) is 30.4 Å². The van der Waals surface area contributed by atoms with Gasteiger partial charge >= 0.3 is 0 Å². The summed E-state index contributed by atoms with van der Waals surface area (Å²) in [6, 6.07) is 8.04. The van der Waals surface area contributed by atoms with Crippen molar-refractivity contribution in [1.82, 2.24) is 20.1 Å². The Bertz CT molecular complexity index is 1050. The molecule has 1 aliphatic rings. The van der Waals surface area contributed by atoms with Crippen LogP contribution in [0.1, 0.15) is 24.4 Å². The summed E-state index contributed by atoms with van der Waals surface area (Å²) in [4.78, 5) is 13.6. The first kappa shape index (κ1) is 21.5. The second kappa shape index (κ2) is 9.61. The molecule has 1 saturated carbocycles. The first-order chi connectivity index (χ1) is 15.1. The number of ether oxygens (including phenoxy) is 3. The number of hydrogen-bond acceptors (Lipinski definition) is 8. The van der Waals surface area contributed by atoms with Crippen LogP contribution in [0, 0.1) is 0 Å². The molecule has 1 aromatic carbocycles. The number of hydrogen-bond donors (Lipinski definition) is 1. The lowest BCUT2D eigenvalue weighted by molar-refractivity contribution is -0.118. The minimum Gasteiger partial charge on any atom is -0.496 e. The van der Waals surface area contributed by atoms with Crippen LogP contribution in [0.2, 0.25) is 0 Å². The van der Waals surface area contributed by atoms with Crippen molar-refractivity contribution in [2.24, 2.45) is 0 Å². The molecule has 0 spiro atoms. The lowest BCUT2D eigenvalue weighted by atomic mass is 10.1. The first-order valence-corrected chi connectivity index (χ1v) is 11.7. The fourth-order valence-corrected chi connectivity index (χ4v) is 4.76. The monoisotopic (exact) mass is 460 g/mol. The van der Waals surface area contributed by atoms with Gasteiger partial charge in [-0.15, -0.1) is 21.5 Å². The second-order valence-electron chi connectivity index (χ2n) is 6.97. The number of carbonyl (C=O) groups excluding carboxylic acids is 1. The van der Waals surface area contributed by atoms with Crippen LogP contribution in [-0.4, -0.2) is 47.8 Å². The van der Waals surface area contributed by atoms with Gasteiger partial charge in [0.05, 0.1) is 32.0 Å². The maximum atomic E-state index is 12.5. The number of benzene rings is 1. The van der Waals surface area contributed by atoms with E-state index >= 15 is 0 Å². The highest BCUT2D eigenvalue weighted by Crippen LogP contribution is 2.41. The number of methoxy groups -OCH3 is 3. The van der Waals surface area contributed by atoms with Gasteiger partial charge in [-0.25, -0.2) is 0 Å². The van der Waals surface area contributed by atoms with Crippen molar-refractivity contribution >= 4 is 29.0 Å². The molecular weight excluding hydrogens is 436 g/mol. The van der Waals surface area contributed by atoms with E-state index in [1.165, 1.54) is 11.8 Å². The van der Waals surface area contributed by atoms with Gasteiger partial charge in [0.25, 0.3) is 0 Å². The van der Waals surface area contributed by atoms with E-state index in [1.807, 2.05) is 23.6 Å². The number of thioether (sulfide) groups is 1. The van der Waals surface area contributed by atoms with Gasteiger partial charge in [0.1, 0.15) is 5.75 Å². The van der Waals surface area contributed by atoms with Gasteiger partial charge in [0.15, 0.2) is 22.5 Å². The Morgan fingerprint density at radius 1 is 1.16 bits per heavy atom. The number of rotatable bonds is 10. The van der Waals surface area contributed by atoms with Crippen LogP contribution in [0.15, 0.2) is 34.8 Å². The molecule has 164 valence electrons. The Morgan fingerprint density at radius 3 is 2.55 bits per heavy atom. The number of aromatic nitrogens is 3. The molecule has 4 rings (SSSR count). The van der Waals surface area contributed by atoms with Crippen molar-refractivity contribution in [2.75, 3.05) is 27.1 Å². The van der Waals surface area contributed by atoms with E-state index in [4.69, 9.17) is 14.2 Å². The fraction of sp³-hybridized carbons (Fsp3) is 0.381. The van der Waals surface area contributed by atoms with E-state index in [0.29, 0.717) is 29.8 Å². The molecule has 0 bridgehead atoms. The third-order valence-corrected chi connectivity index (χ3v) is 6.72. The smallest absolute Gasteiger partial charge is 0.230 e. The first-order valence-electron chi connectivity index (χ1n) is 9.81. The summed E-state index contributed by atoms with van der Waals surface area (Å²) in [6.07, 6.45) is 2.24. The van der Waals surface area contributed by atoms with E-state index in [0.717, 1.165) is 34.3 Å². The summed E-state index contributed by atoms with van der Waals surface area (Å²) in [5.41, 5.74) is 0.805. The topological polar surface area (TPSA) is 87.5 Å². The summed E-state index contributed by atoms with van der Waals surface area (Å²) in [5.74, 6) is 2.83. The highest BCUT2D eigenvalue weighted by Gasteiger charge is 2.30. The van der Waals surface area contributed by atoms with Gasteiger partial charge in [-0.1, -0.05) is 17.8 Å². The zero-order valence-electron chi connectivity index (χ0n) is 17.6. The predicted octanol–water partition coefficient (Wildman–Crippen LogP) is 3.78. The molecule has 1 amide bonds. The van der Waals surface area contributed by atoms with Crippen molar-refractivity contribution in [1.29, 1.82) is 0 Å². The Kier molecular flexibility index (Phi) is 6.67. The molecule has 2 heterocycles. The Labute approximate surface area is 188 Å². The molecule has 1 aliphatic carbocycles. The Morgan fingerprint density at radius 2 is 1.90 bits per heavy atom. The van der Waals surface area contributed by atoms with Crippen LogP contribution in [0.4, 0.5) is 0 Å². The van der Waals surface area contributed by atoms with Crippen molar-refractivity contribution in [3.63, 3.8) is 0 Å². The number of amides is 1. The molecule has 1 N–H and O–H groups in total. The molecule has 0 unspecified atom stereocenters. The molecule has 31 heavy (non-hydrogen) atoms. The maximum absolute atomic E-state index is 12.5. The van der Waals surface area contributed by atoms with Crippen LogP contribution >= 0.6 is 23.1 Å². The van der Waals surface area contributed by atoms with Crippen LogP contribution in [0.5, 0.6) is 17.2 Å². The van der Waals surface area contributed by atoms with E-state index in [2.05, 4.69) is 20.1 Å². The van der Waals surface area contributed by atoms with Crippen LogP contribution in [-0.2, 0) is 11.3 Å². The molecule has 0 radical (unpaired) electrons. The van der Waals surface area contributed by atoms with Crippen molar-refractivity contribution in [2.45, 2.75) is 30.6 Å². The third-order valence-electron chi connectivity index (χ3n) is 4.91. The molecule has 8 nitrogen and oxygen atoms in total. The molecule has 3 aromatic rings. The lowest BCUT2D eigenvalue weighted by Gasteiger charge is -2.14. The zero-order valence-corrected chi connectivity index (χ0v) is 19.2. The summed E-state index contributed by atoms with van der Waals surface area (Å²) in [6.45, 7) is 0.318. The average Bonchev–Trinajstić information content (AvgIpc) is 3.31. The van der Waals surface area contributed by atoms with E-state index in [1.54, 1.807) is 38.7 Å². The normalized spacial score (nSPS) is 13.1. The second-order valence-corrected chi connectivity index (χ2v) is 8.86. The van der Waals surface area contributed by atoms with Gasteiger partial charge in [0.2, 0.25) is 5.91 Å². The molecule has 0 aliphatic heterocycles. The van der Waals surface area contributed by atoms with Crippen LogP contribution in [0.25, 0.3) is 10.7 Å².